The zero-order valence-electron chi connectivity index (χ0n) is 32.3. The second-order valence-electron chi connectivity index (χ2n) is 18.2. The molecule has 4 fully saturated rings. The highest BCUT2D eigenvalue weighted by atomic mass is 16.6. The van der Waals surface area contributed by atoms with Gasteiger partial charge in [0.05, 0.1) is 31.3 Å². The fourth-order valence-electron chi connectivity index (χ4n) is 12.5. The summed E-state index contributed by atoms with van der Waals surface area (Å²) in [4.78, 5) is 38.6. The number of fused-ring (bicyclic) bond motifs is 3. The average Bonchev–Trinajstić information content (AvgIpc) is 3.04. The fraction of sp³-hybridized carbons (Fsp3) is 0.875. The fourth-order valence-corrected chi connectivity index (χ4v) is 12.5. The van der Waals surface area contributed by atoms with Crippen LogP contribution in [0.15, 0.2) is 11.6 Å². The number of allylic oxidation sites excluding steroid dienone is 1. The lowest BCUT2D eigenvalue weighted by Crippen LogP contribution is -2.72. The number of amides is 1. The molecule has 0 aromatic carbocycles. The molecule has 1 saturated heterocycles. The van der Waals surface area contributed by atoms with E-state index in [2.05, 4.69) is 66.8 Å². The summed E-state index contributed by atoms with van der Waals surface area (Å²) in [5.74, 6) is -0.583. The van der Waals surface area contributed by atoms with Gasteiger partial charge in [-0.05, 0) is 105 Å². The number of nitrogens with one attached hydrogen (secondary N) is 1. The van der Waals surface area contributed by atoms with E-state index < -0.39 is 41.0 Å². The first-order valence-electron chi connectivity index (χ1n) is 19.4. The molecule has 10 heteroatoms. The Balaban J connectivity index is 1.48. The summed E-state index contributed by atoms with van der Waals surface area (Å²) >= 11 is 0. The summed E-state index contributed by atoms with van der Waals surface area (Å²) in [7, 11) is 0. The summed E-state index contributed by atoms with van der Waals surface area (Å²) in [5.41, 5.74) is 11.3. The van der Waals surface area contributed by atoms with Crippen molar-refractivity contribution in [3.8, 4) is 0 Å². The van der Waals surface area contributed by atoms with Crippen molar-refractivity contribution in [2.75, 3.05) is 26.3 Å². The van der Waals surface area contributed by atoms with Gasteiger partial charge in [0.15, 0.2) is 0 Å². The monoisotopic (exact) mass is 701 g/mol. The van der Waals surface area contributed by atoms with Crippen LogP contribution in [0.2, 0.25) is 0 Å². The standard InChI is InChI=1S/C40H67N3O7/c1-23(2)24(3)36(6)16-17-38(8)27-12-13-31-37(7)22-49-25(4)40(31,28(27)14-15-39(38,9)32(36)35(46)47)21-30(50-26(5)44)33(37)48-20-19-43-34(45)29(42)11-10-18-41/h14,23-25,27,29-33H,10-13,15-22,41-42H2,1-9H3,(H,43,45)(H,46,47)/t24-,25+,27+,29?,30-,31+,32-,33+,36-,37-,38-,39+,40+/m1/s1. The zero-order chi connectivity index (χ0) is 37.0. The van der Waals surface area contributed by atoms with E-state index in [4.69, 9.17) is 25.7 Å². The topological polar surface area (TPSA) is 163 Å². The number of ether oxygens (including phenoxy) is 3. The molecular formula is C40H67N3O7. The Morgan fingerprint density at radius 3 is 2.42 bits per heavy atom. The number of carboxylic acids is 1. The zero-order valence-corrected chi connectivity index (χ0v) is 32.3. The third-order valence-electron chi connectivity index (χ3n) is 15.6. The average molecular weight is 702 g/mol. The van der Waals surface area contributed by atoms with Crippen molar-refractivity contribution in [1.29, 1.82) is 0 Å². The number of rotatable bonds is 12. The first-order valence-corrected chi connectivity index (χ1v) is 19.4. The highest BCUT2D eigenvalue weighted by molar-refractivity contribution is 5.81. The molecule has 0 aromatic rings. The van der Waals surface area contributed by atoms with E-state index in [-0.39, 0.29) is 58.6 Å². The number of carbonyl (C=O) groups is 3. The van der Waals surface area contributed by atoms with Gasteiger partial charge in [-0.2, -0.15) is 0 Å². The van der Waals surface area contributed by atoms with Gasteiger partial charge in [0.2, 0.25) is 5.91 Å². The van der Waals surface area contributed by atoms with E-state index in [9.17, 15) is 19.5 Å². The van der Waals surface area contributed by atoms with Crippen LogP contribution in [0.25, 0.3) is 0 Å². The van der Waals surface area contributed by atoms with E-state index in [1.165, 1.54) is 12.5 Å². The Labute approximate surface area is 300 Å². The number of nitrogens with two attached hydrogens (primary N) is 2. The van der Waals surface area contributed by atoms with E-state index in [1.54, 1.807) is 0 Å². The molecule has 0 aromatic heterocycles. The molecule has 5 rings (SSSR count). The molecule has 1 unspecified atom stereocenters. The van der Waals surface area contributed by atoms with E-state index in [0.29, 0.717) is 51.3 Å². The molecule has 1 heterocycles. The van der Waals surface area contributed by atoms with Gasteiger partial charge in [0, 0.05) is 24.3 Å². The SMILES string of the molecule is CC(=O)O[C@@H]1C[C@]23C4=CC[C@@]5(C)[C@H](C(=O)O)[C@@](C)([C@H](C)C(C)C)CC[C@]5(C)[C@H]4CC[C@H]2[C@@](C)(CO[C@H]3C)[C@H]1OCCNC(=O)C(N)CCCN. The van der Waals surface area contributed by atoms with E-state index >= 15 is 0 Å². The quantitative estimate of drug-likeness (QED) is 0.118. The number of aliphatic carboxylic acids is 1. The normalized spacial score (nSPS) is 43.4. The lowest BCUT2D eigenvalue weighted by atomic mass is 9.34. The Bertz CT molecular complexity index is 1340. The third kappa shape index (κ3) is 5.96. The molecule has 0 radical (unpaired) electrons. The maximum Gasteiger partial charge on any atom is 0.307 e. The summed E-state index contributed by atoms with van der Waals surface area (Å²) in [6, 6.07) is -0.613. The van der Waals surface area contributed by atoms with Crippen molar-refractivity contribution in [3.05, 3.63) is 11.6 Å². The minimum absolute atomic E-state index is 0.0963. The number of hydrogen-bond donors (Lipinski definition) is 4. The predicted molar refractivity (Wildman–Crippen MR) is 193 cm³/mol. The van der Waals surface area contributed by atoms with Crippen molar-refractivity contribution in [2.24, 2.45) is 68.1 Å². The lowest BCUT2D eigenvalue weighted by Gasteiger charge is -2.72. The van der Waals surface area contributed by atoms with Crippen LogP contribution in [-0.4, -0.2) is 73.6 Å². The molecule has 284 valence electrons. The molecule has 1 aliphatic heterocycles. The highest BCUT2D eigenvalue weighted by Crippen LogP contribution is 2.75. The van der Waals surface area contributed by atoms with Gasteiger partial charge in [-0.1, -0.05) is 60.1 Å². The molecule has 50 heavy (non-hydrogen) atoms. The molecule has 2 bridgehead atoms. The van der Waals surface area contributed by atoms with Crippen LogP contribution in [0.5, 0.6) is 0 Å². The van der Waals surface area contributed by atoms with Gasteiger partial charge < -0.3 is 36.1 Å². The molecule has 4 aliphatic carbocycles. The molecule has 0 spiro atoms. The second-order valence-corrected chi connectivity index (χ2v) is 18.2. The highest BCUT2D eigenvalue weighted by Gasteiger charge is 2.73. The van der Waals surface area contributed by atoms with E-state index in [0.717, 1.165) is 25.7 Å². The van der Waals surface area contributed by atoms with Gasteiger partial charge in [0.25, 0.3) is 0 Å². The summed E-state index contributed by atoms with van der Waals surface area (Å²) < 4.78 is 19.5. The number of esters is 1. The van der Waals surface area contributed by atoms with Gasteiger partial charge in [-0.15, -0.1) is 0 Å². The van der Waals surface area contributed by atoms with Crippen LogP contribution in [0.1, 0.15) is 114 Å². The van der Waals surface area contributed by atoms with Crippen molar-refractivity contribution in [1.82, 2.24) is 5.32 Å². The summed E-state index contributed by atoms with van der Waals surface area (Å²) in [5, 5.41) is 13.9. The van der Waals surface area contributed by atoms with Gasteiger partial charge in [-0.3, -0.25) is 14.4 Å². The maximum atomic E-state index is 13.4. The van der Waals surface area contributed by atoms with Gasteiger partial charge >= 0.3 is 11.9 Å². The Hall–Kier alpha value is -2.01. The maximum absolute atomic E-state index is 13.4. The largest absolute Gasteiger partial charge is 0.481 e. The molecule has 5 aliphatic rings. The minimum atomic E-state index is -0.666. The molecular weight excluding hydrogens is 634 g/mol. The number of carboxylic acid groups (broad SMARTS) is 1. The van der Waals surface area contributed by atoms with Crippen LogP contribution in [0.4, 0.5) is 0 Å². The second kappa shape index (κ2) is 14.1. The number of carbonyl (C=O) groups excluding carboxylic acids is 2. The first kappa shape index (κ1) is 39.2. The van der Waals surface area contributed by atoms with Crippen LogP contribution < -0.4 is 16.8 Å². The molecule has 1 amide bonds. The summed E-state index contributed by atoms with van der Waals surface area (Å²) in [6.07, 6.45) is 7.75. The van der Waals surface area contributed by atoms with Crippen molar-refractivity contribution in [2.45, 2.75) is 138 Å². The lowest BCUT2D eigenvalue weighted by molar-refractivity contribution is -0.285. The van der Waals surface area contributed by atoms with Gasteiger partial charge in [-0.25, -0.2) is 0 Å². The van der Waals surface area contributed by atoms with Crippen LogP contribution in [-0.2, 0) is 28.6 Å². The van der Waals surface area contributed by atoms with Crippen LogP contribution in [0, 0.1) is 56.7 Å². The van der Waals surface area contributed by atoms with E-state index in [1.807, 2.05) is 0 Å². The van der Waals surface area contributed by atoms with Crippen molar-refractivity contribution in [3.63, 3.8) is 0 Å². The smallest absolute Gasteiger partial charge is 0.307 e. The molecule has 6 N–H and O–H groups in total. The van der Waals surface area contributed by atoms with Crippen molar-refractivity contribution >= 4 is 17.8 Å². The molecule has 13 atom stereocenters. The number of hydrogen-bond acceptors (Lipinski definition) is 8. The summed E-state index contributed by atoms with van der Waals surface area (Å²) in [6.45, 7) is 21.0. The van der Waals surface area contributed by atoms with Crippen LogP contribution >= 0.6 is 0 Å². The van der Waals surface area contributed by atoms with Crippen LogP contribution in [0.3, 0.4) is 0 Å². The predicted octanol–water partition coefficient (Wildman–Crippen LogP) is 5.46. The first-order chi connectivity index (χ1) is 23.3. The Kier molecular flexibility index (Phi) is 11.0. The van der Waals surface area contributed by atoms with Crippen molar-refractivity contribution < 1.29 is 33.7 Å². The Morgan fingerprint density at radius 2 is 1.80 bits per heavy atom. The molecule has 3 saturated carbocycles. The minimum Gasteiger partial charge on any atom is -0.481 e. The van der Waals surface area contributed by atoms with Gasteiger partial charge in [0.1, 0.15) is 12.2 Å². The molecule has 10 nitrogen and oxygen atoms in total. The Morgan fingerprint density at radius 1 is 1.10 bits per heavy atom. The third-order valence-corrected chi connectivity index (χ3v) is 15.6.